The van der Waals surface area contributed by atoms with E-state index in [4.69, 9.17) is 5.11 Å². The number of fused-ring (bicyclic) bond motifs is 3. The molecule has 0 aromatic carbocycles. The number of carbonyl (C=O) groups is 1. The lowest BCUT2D eigenvalue weighted by Gasteiger charge is -2.47. The van der Waals surface area contributed by atoms with Gasteiger partial charge >= 0.3 is 10.8 Å². The summed E-state index contributed by atoms with van der Waals surface area (Å²) in [7, 11) is 0. The molecule has 1 aromatic heterocycles. The number of aliphatic carboxylic acids is 1. The Hall–Kier alpha value is -0.750. The highest BCUT2D eigenvalue weighted by Gasteiger charge is 2.47. The van der Waals surface area contributed by atoms with Crippen molar-refractivity contribution < 1.29 is 9.90 Å². The van der Waals surface area contributed by atoms with Gasteiger partial charge < -0.3 is 5.11 Å². The second kappa shape index (κ2) is 5.71. The zero-order valence-electron chi connectivity index (χ0n) is 13.3. The number of thiazole rings is 1. The average Bonchev–Trinajstić information content (AvgIpc) is 2.71. The van der Waals surface area contributed by atoms with Crippen LogP contribution < -0.4 is 4.87 Å². The molecule has 2 heterocycles. The summed E-state index contributed by atoms with van der Waals surface area (Å²) in [4.78, 5) is 24.4. The third-order valence-electron chi connectivity index (χ3n) is 5.12. The summed E-state index contributed by atoms with van der Waals surface area (Å²) in [6.45, 7) is 7.14. The molecule has 3 atom stereocenters. The van der Waals surface area contributed by atoms with E-state index in [2.05, 4.69) is 20.8 Å². The lowest BCUT2D eigenvalue weighted by atomic mass is 9.69. The standard InChI is InChI=1S/C16H23NO3S2/c1-9-4-5-11-10(8-9)13-14(22-16(11,2)3)17(15(20)21-13)7-6-12(18)19/h9-11H,4-8H2,1-3H3,(H,18,19)/t9-,10-,11+/m1/s1. The third-order valence-corrected chi connectivity index (χ3v) is 7.83. The first kappa shape index (κ1) is 16.1. The second-order valence-corrected chi connectivity index (χ2v) is 9.81. The fourth-order valence-corrected chi connectivity index (χ4v) is 6.84. The van der Waals surface area contributed by atoms with Crippen LogP contribution in [0.5, 0.6) is 0 Å². The monoisotopic (exact) mass is 341 g/mol. The molecule has 0 spiro atoms. The van der Waals surface area contributed by atoms with Crippen LogP contribution in [0.1, 0.15) is 57.2 Å². The molecule has 1 N–H and O–H groups in total. The Morgan fingerprint density at radius 1 is 1.41 bits per heavy atom. The van der Waals surface area contributed by atoms with Gasteiger partial charge in [0, 0.05) is 22.1 Å². The lowest BCUT2D eigenvalue weighted by Crippen LogP contribution is -2.39. The molecule has 6 heteroatoms. The molecule has 1 fully saturated rings. The normalized spacial score (nSPS) is 29.7. The Kier molecular flexibility index (Phi) is 4.18. The van der Waals surface area contributed by atoms with Gasteiger partial charge in [0.25, 0.3) is 0 Å². The molecule has 0 amide bonds. The molecule has 0 unspecified atom stereocenters. The highest BCUT2D eigenvalue weighted by molar-refractivity contribution is 8.00. The zero-order valence-corrected chi connectivity index (χ0v) is 14.9. The number of aromatic nitrogens is 1. The minimum Gasteiger partial charge on any atom is -0.481 e. The van der Waals surface area contributed by atoms with E-state index in [0.29, 0.717) is 17.8 Å². The minimum atomic E-state index is -0.851. The summed E-state index contributed by atoms with van der Waals surface area (Å²) in [6.07, 6.45) is 3.66. The number of carboxylic acid groups (broad SMARTS) is 1. The van der Waals surface area contributed by atoms with Crippen molar-refractivity contribution in [2.75, 3.05) is 0 Å². The Balaban J connectivity index is 2.01. The van der Waals surface area contributed by atoms with E-state index in [-0.39, 0.29) is 22.6 Å². The van der Waals surface area contributed by atoms with E-state index in [0.717, 1.165) is 11.4 Å². The Bertz CT molecular complexity index is 646. The molecule has 1 aliphatic heterocycles. The van der Waals surface area contributed by atoms with Gasteiger partial charge in [0.2, 0.25) is 0 Å². The predicted molar refractivity (Wildman–Crippen MR) is 90.0 cm³/mol. The summed E-state index contributed by atoms with van der Waals surface area (Å²) in [6, 6.07) is 0. The maximum atomic E-state index is 12.4. The van der Waals surface area contributed by atoms with E-state index in [9.17, 15) is 9.59 Å². The number of hydrogen-bond donors (Lipinski definition) is 1. The van der Waals surface area contributed by atoms with E-state index >= 15 is 0 Å². The molecule has 0 bridgehead atoms. The highest BCUT2D eigenvalue weighted by Crippen LogP contribution is 2.58. The molecular weight excluding hydrogens is 318 g/mol. The predicted octanol–water partition coefficient (Wildman–Crippen LogP) is 3.79. The van der Waals surface area contributed by atoms with Crippen LogP contribution in [0.15, 0.2) is 9.82 Å². The van der Waals surface area contributed by atoms with Gasteiger partial charge in [0.1, 0.15) is 0 Å². The Morgan fingerprint density at radius 2 is 2.14 bits per heavy atom. The van der Waals surface area contributed by atoms with Crippen molar-refractivity contribution in [3.05, 3.63) is 14.5 Å². The molecule has 0 saturated heterocycles. The molecule has 122 valence electrons. The Morgan fingerprint density at radius 3 is 2.82 bits per heavy atom. The molecule has 22 heavy (non-hydrogen) atoms. The molecule has 1 saturated carbocycles. The quantitative estimate of drug-likeness (QED) is 0.909. The number of carboxylic acids is 1. The third kappa shape index (κ3) is 2.75. The van der Waals surface area contributed by atoms with Crippen LogP contribution in [-0.4, -0.2) is 20.4 Å². The van der Waals surface area contributed by atoms with Gasteiger partial charge in [-0.3, -0.25) is 14.2 Å². The van der Waals surface area contributed by atoms with Gasteiger partial charge in [-0.2, -0.15) is 0 Å². The summed E-state index contributed by atoms with van der Waals surface area (Å²) in [5, 5.41) is 9.95. The fourth-order valence-electron chi connectivity index (χ4n) is 3.98. The number of hydrogen-bond acceptors (Lipinski definition) is 4. The van der Waals surface area contributed by atoms with Gasteiger partial charge in [0.15, 0.2) is 0 Å². The maximum absolute atomic E-state index is 12.4. The van der Waals surface area contributed by atoms with Crippen LogP contribution in [0.2, 0.25) is 0 Å². The molecule has 4 nitrogen and oxygen atoms in total. The van der Waals surface area contributed by atoms with Gasteiger partial charge in [-0.05, 0) is 24.7 Å². The zero-order chi connectivity index (χ0) is 16.1. The minimum absolute atomic E-state index is 0.00780. The molecule has 0 radical (unpaired) electrons. The van der Waals surface area contributed by atoms with Crippen molar-refractivity contribution in [1.29, 1.82) is 0 Å². The van der Waals surface area contributed by atoms with Crippen LogP contribution in [0.3, 0.4) is 0 Å². The number of rotatable bonds is 3. The SMILES string of the molecule is C[C@@H]1CC[C@H]2[C@@H](C1)c1sc(=O)n(CCC(=O)O)c1SC2(C)C. The largest absolute Gasteiger partial charge is 0.481 e. The molecular formula is C16H23NO3S2. The summed E-state index contributed by atoms with van der Waals surface area (Å²) >= 11 is 3.13. The van der Waals surface area contributed by atoms with Crippen molar-refractivity contribution in [3.63, 3.8) is 0 Å². The van der Waals surface area contributed by atoms with E-state index in [1.807, 2.05) is 0 Å². The van der Waals surface area contributed by atoms with Crippen molar-refractivity contribution in [3.8, 4) is 0 Å². The maximum Gasteiger partial charge on any atom is 0.308 e. The summed E-state index contributed by atoms with van der Waals surface area (Å²) in [5.74, 6) is 0.944. The van der Waals surface area contributed by atoms with Crippen molar-refractivity contribution in [2.45, 2.75) is 68.7 Å². The van der Waals surface area contributed by atoms with Crippen LogP contribution in [-0.2, 0) is 11.3 Å². The van der Waals surface area contributed by atoms with Crippen LogP contribution in [0, 0.1) is 11.8 Å². The lowest BCUT2D eigenvalue weighted by molar-refractivity contribution is -0.137. The van der Waals surface area contributed by atoms with Crippen molar-refractivity contribution in [2.24, 2.45) is 11.8 Å². The van der Waals surface area contributed by atoms with Gasteiger partial charge in [0.05, 0.1) is 11.4 Å². The van der Waals surface area contributed by atoms with Crippen molar-refractivity contribution >= 4 is 29.1 Å². The second-order valence-electron chi connectivity index (χ2n) is 7.17. The van der Waals surface area contributed by atoms with Crippen LogP contribution in [0.25, 0.3) is 0 Å². The number of nitrogens with zero attached hydrogens (tertiary/aromatic N) is 1. The van der Waals surface area contributed by atoms with Gasteiger partial charge in [-0.1, -0.05) is 38.5 Å². The van der Waals surface area contributed by atoms with E-state index in [1.54, 1.807) is 16.3 Å². The smallest absolute Gasteiger partial charge is 0.308 e. The molecule has 1 aromatic rings. The van der Waals surface area contributed by atoms with Crippen LogP contribution in [0.4, 0.5) is 0 Å². The summed E-state index contributed by atoms with van der Waals surface area (Å²) < 4.78 is 1.81. The van der Waals surface area contributed by atoms with E-state index < -0.39 is 5.97 Å². The number of thioether (sulfide) groups is 1. The topological polar surface area (TPSA) is 59.3 Å². The molecule has 1 aliphatic carbocycles. The Labute approximate surface area is 138 Å². The molecule has 3 rings (SSSR count). The van der Waals surface area contributed by atoms with Gasteiger partial charge in [-0.25, -0.2) is 0 Å². The van der Waals surface area contributed by atoms with Gasteiger partial charge in [-0.15, -0.1) is 11.8 Å². The first-order chi connectivity index (χ1) is 10.3. The van der Waals surface area contributed by atoms with Crippen molar-refractivity contribution in [1.82, 2.24) is 4.57 Å². The summed E-state index contributed by atoms with van der Waals surface area (Å²) in [5.41, 5.74) is 0. The fraction of sp³-hybridized carbons (Fsp3) is 0.750. The molecule has 2 aliphatic rings. The first-order valence-corrected chi connectivity index (χ1v) is 9.57. The van der Waals surface area contributed by atoms with E-state index in [1.165, 1.54) is 29.1 Å². The average molecular weight is 341 g/mol. The van der Waals surface area contributed by atoms with Crippen LogP contribution >= 0.6 is 23.1 Å². The highest BCUT2D eigenvalue weighted by atomic mass is 32.2. The first-order valence-electron chi connectivity index (χ1n) is 7.94.